The van der Waals surface area contributed by atoms with Gasteiger partial charge >= 0.3 is 0 Å². The predicted octanol–water partition coefficient (Wildman–Crippen LogP) is 5.48. The number of nitriles is 1. The quantitative estimate of drug-likeness (QED) is 0.720. The van der Waals surface area contributed by atoms with Gasteiger partial charge in [0.15, 0.2) is 0 Å². The van der Waals surface area contributed by atoms with E-state index in [1.807, 2.05) is 0 Å². The van der Waals surface area contributed by atoms with Gasteiger partial charge in [-0.25, -0.2) is 0 Å². The van der Waals surface area contributed by atoms with Gasteiger partial charge in [0.05, 0.1) is 11.6 Å². The standard InChI is InChI=1S/C22H23N/c1-5-17-6-7-18(11-21(17)13-23)19-10-16(4)22-15(3)8-14(2)9-20(22)12-19/h6-9,11,19H,4-5,10,12H2,1-3H3. The minimum Gasteiger partial charge on any atom is -0.192 e. The summed E-state index contributed by atoms with van der Waals surface area (Å²) in [5.74, 6) is 0.425. The summed E-state index contributed by atoms with van der Waals surface area (Å²) in [5, 5.41) is 9.39. The SMILES string of the molecule is C=C1CC(c2ccc(CC)c(C#N)c2)Cc2cc(C)cc(C)c21. The van der Waals surface area contributed by atoms with E-state index in [1.54, 1.807) is 0 Å². The summed E-state index contributed by atoms with van der Waals surface area (Å²) in [4.78, 5) is 0. The van der Waals surface area contributed by atoms with Gasteiger partial charge in [0, 0.05) is 0 Å². The van der Waals surface area contributed by atoms with Crippen LogP contribution in [0.3, 0.4) is 0 Å². The van der Waals surface area contributed by atoms with Crippen LogP contribution < -0.4 is 0 Å². The number of hydrogen-bond acceptors (Lipinski definition) is 1. The molecule has 0 aromatic heterocycles. The van der Waals surface area contributed by atoms with E-state index < -0.39 is 0 Å². The zero-order valence-corrected chi connectivity index (χ0v) is 14.2. The van der Waals surface area contributed by atoms with Crippen molar-refractivity contribution >= 4 is 5.57 Å². The van der Waals surface area contributed by atoms with Crippen LogP contribution in [0.1, 0.15) is 58.2 Å². The summed E-state index contributed by atoms with van der Waals surface area (Å²) in [7, 11) is 0. The number of fused-ring (bicyclic) bond motifs is 1. The van der Waals surface area contributed by atoms with Crippen molar-refractivity contribution in [3.8, 4) is 6.07 Å². The lowest BCUT2D eigenvalue weighted by atomic mass is 9.75. The highest BCUT2D eigenvalue weighted by Gasteiger charge is 2.24. The maximum Gasteiger partial charge on any atom is 0.0994 e. The molecule has 0 saturated carbocycles. The molecule has 2 aromatic carbocycles. The van der Waals surface area contributed by atoms with Crippen molar-refractivity contribution in [2.75, 3.05) is 0 Å². The van der Waals surface area contributed by atoms with Gasteiger partial charge in [-0.2, -0.15) is 5.26 Å². The topological polar surface area (TPSA) is 23.8 Å². The maximum absolute atomic E-state index is 9.39. The smallest absolute Gasteiger partial charge is 0.0994 e. The Hall–Kier alpha value is -2.33. The van der Waals surface area contributed by atoms with E-state index in [-0.39, 0.29) is 0 Å². The van der Waals surface area contributed by atoms with E-state index in [0.29, 0.717) is 5.92 Å². The van der Waals surface area contributed by atoms with Crippen molar-refractivity contribution in [1.82, 2.24) is 0 Å². The minimum atomic E-state index is 0.425. The molecule has 0 amide bonds. The average Bonchev–Trinajstić information content (AvgIpc) is 2.52. The lowest BCUT2D eigenvalue weighted by Crippen LogP contribution is -2.13. The summed E-state index contributed by atoms with van der Waals surface area (Å²) >= 11 is 0. The van der Waals surface area contributed by atoms with Crippen molar-refractivity contribution in [3.05, 3.63) is 75.9 Å². The highest BCUT2D eigenvalue weighted by molar-refractivity contribution is 5.72. The molecule has 0 spiro atoms. The van der Waals surface area contributed by atoms with Crippen LogP contribution in [0.2, 0.25) is 0 Å². The Morgan fingerprint density at radius 2 is 1.96 bits per heavy atom. The number of aryl methyl sites for hydroxylation is 3. The molecule has 1 unspecified atom stereocenters. The molecule has 1 heteroatoms. The zero-order chi connectivity index (χ0) is 16.6. The molecule has 2 aromatic rings. The van der Waals surface area contributed by atoms with Crippen LogP contribution >= 0.6 is 0 Å². The molecule has 1 aliphatic carbocycles. The van der Waals surface area contributed by atoms with Gasteiger partial charge in [0.1, 0.15) is 0 Å². The molecule has 1 nitrogen and oxygen atoms in total. The third kappa shape index (κ3) is 2.82. The first-order chi connectivity index (χ1) is 11.0. The van der Waals surface area contributed by atoms with Gasteiger partial charge in [0.25, 0.3) is 0 Å². The second-order valence-corrected chi connectivity index (χ2v) is 6.71. The van der Waals surface area contributed by atoms with Gasteiger partial charge < -0.3 is 0 Å². The van der Waals surface area contributed by atoms with Crippen LogP contribution in [0.5, 0.6) is 0 Å². The summed E-state index contributed by atoms with van der Waals surface area (Å²) in [6.07, 6.45) is 2.92. The molecule has 23 heavy (non-hydrogen) atoms. The molecule has 0 aliphatic heterocycles. The lowest BCUT2D eigenvalue weighted by molar-refractivity contribution is 0.682. The van der Waals surface area contributed by atoms with Gasteiger partial charge in [-0.05, 0) is 78.5 Å². The normalized spacial score (nSPS) is 16.8. The van der Waals surface area contributed by atoms with E-state index >= 15 is 0 Å². The van der Waals surface area contributed by atoms with E-state index in [0.717, 1.165) is 30.4 Å². The second kappa shape index (κ2) is 6.05. The zero-order valence-electron chi connectivity index (χ0n) is 14.2. The summed E-state index contributed by atoms with van der Waals surface area (Å²) in [5.41, 5.74) is 9.87. The molecule has 0 saturated heterocycles. The van der Waals surface area contributed by atoms with E-state index in [9.17, 15) is 5.26 Å². The van der Waals surface area contributed by atoms with Gasteiger partial charge in [-0.1, -0.05) is 43.3 Å². The minimum absolute atomic E-state index is 0.425. The fourth-order valence-corrected chi connectivity index (χ4v) is 3.96. The van der Waals surface area contributed by atoms with E-state index in [1.165, 1.54) is 33.4 Å². The summed E-state index contributed by atoms with van der Waals surface area (Å²) in [6.45, 7) is 10.8. The highest BCUT2D eigenvalue weighted by Crippen LogP contribution is 2.40. The van der Waals surface area contributed by atoms with Gasteiger partial charge in [-0.15, -0.1) is 0 Å². The van der Waals surface area contributed by atoms with Crippen LogP contribution in [0.25, 0.3) is 5.57 Å². The molecular formula is C22H23N. The molecule has 0 fully saturated rings. The molecule has 116 valence electrons. The molecule has 0 N–H and O–H groups in total. The third-order valence-electron chi connectivity index (χ3n) is 4.98. The Labute approximate surface area is 139 Å². The highest BCUT2D eigenvalue weighted by atomic mass is 14.3. The van der Waals surface area contributed by atoms with E-state index in [2.05, 4.69) is 63.8 Å². The van der Waals surface area contributed by atoms with Crippen molar-refractivity contribution in [2.24, 2.45) is 0 Å². The van der Waals surface area contributed by atoms with Crippen LogP contribution in [0, 0.1) is 25.2 Å². The van der Waals surface area contributed by atoms with E-state index in [4.69, 9.17) is 0 Å². The molecule has 0 radical (unpaired) electrons. The fourth-order valence-electron chi connectivity index (χ4n) is 3.96. The molecule has 1 atom stereocenters. The van der Waals surface area contributed by atoms with Crippen LogP contribution in [0.4, 0.5) is 0 Å². The monoisotopic (exact) mass is 301 g/mol. The molecular weight excluding hydrogens is 278 g/mol. The summed E-state index contributed by atoms with van der Waals surface area (Å²) < 4.78 is 0. The van der Waals surface area contributed by atoms with Gasteiger partial charge in [0.2, 0.25) is 0 Å². The number of rotatable bonds is 2. The predicted molar refractivity (Wildman–Crippen MR) is 96.5 cm³/mol. The first-order valence-electron chi connectivity index (χ1n) is 8.34. The Balaban J connectivity index is 2.01. The second-order valence-electron chi connectivity index (χ2n) is 6.71. The Morgan fingerprint density at radius 3 is 2.65 bits per heavy atom. The third-order valence-corrected chi connectivity index (χ3v) is 4.98. The number of benzene rings is 2. The lowest BCUT2D eigenvalue weighted by Gasteiger charge is -2.29. The Kier molecular flexibility index (Phi) is 4.09. The Morgan fingerprint density at radius 1 is 1.17 bits per heavy atom. The van der Waals surface area contributed by atoms with Gasteiger partial charge in [-0.3, -0.25) is 0 Å². The van der Waals surface area contributed by atoms with Crippen molar-refractivity contribution in [2.45, 2.75) is 46.0 Å². The average molecular weight is 301 g/mol. The van der Waals surface area contributed by atoms with Crippen molar-refractivity contribution < 1.29 is 0 Å². The first-order valence-corrected chi connectivity index (χ1v) is 8.34. The number of hydrogen-bond donors (Lipinski definition) is 0. The summed E-state index contributed by atoms with van der Waals surface area (Å²) in [6, 6.07) is 13.3. The van der Waals surface area contributed by atoms with Crippen LogP contribution in [-0.2, 0) is 12.8 Å². The maximum atomic E-state index is 9.39. The number of nitrogens with zero attached hydrogens (tertiary/aromatic N) is 1. The molecule has 0 bridgehead atoms. The molecule has 3 rings (SSSR count). The Bertz CT molecular complexity index is 821. The number of allylic oxidation sites excluding steroid dienone is 1. The molecule has 1 aliphatic rings. The van der Waals surface area contributed by atoms with Crippen LogP contribution in [-0.4, -0.2) is 0 Å². The molecule has 0 heterocycles. The largest absolute Gasteiger partial charge is 0.192 e. The first kappa shape index (κ1) is 15.6. The van der Waals surface area contributed by atoms with Crippen LogP contribution in [0.15, 0.2) is 36.9 Å². The fraction of sp³-hybridized carbons (Fsp3) is 0.318. The van der Waals surface area contributed by atoms with Crippen molar-refractivity contribution in [3.63, 3.8) is 0 Å². The van der Waals surface area contributed by atoms with Crippen molar-refractivity contribution in [1.29, 1.82) is 5.26 Å².